The van der Waals surface area contributed by atoms with Crippen LogP contribution >= 0.6 is 15.9 Å². The number of hydrogen-bond acceptors (Lipinski definition) is 3. The van der Waals surface area contributed by atoms with Crippen molar-refractivity contribution < 1.29 is 14.3 Å². The molecule has 0 radical (unpaired) electrons. The number of carbonyl (C=O) groups is 2. The van der Waals surface area contributed by atoms with Gasteiger partial charge in [0.25, 0.3) is 5.91 Å². The van der Waals surface area contributed by atoms with Crippen LogP contribution in [0.1, 0.15) is 17.3 Å². The highest BCUT2D eigenvalue weighted by Crippen LogP contribution is 2.21. The molecule has 2 rings (SSSR count). The fourth-order valence-electron chi connectivity index (χ4n) is 1.87. The maximum atomic E-state index is 12.1. The molecule has 0 unspecified atom stereocenters. The molecule has 1 atom stereocenters. The molecular formula is C15H14BrNO3. The molecule has 4 nitrogen and oxygen atoms in total. The third-order valence-electron chi connectivity index (χ3n) is 2.97. The second-order valence-electron chi connectivity index (χ2n) is 4.42. The monoisotopic (exact) mass is 335 g/mol. The van der Waals surface area contributed by atoms with E-state index in [1.54, 1.807) is 19.1 Å². The van der Waals surface area contributed by atoms with Gasteiger partial charge in [0.15, 0.2) is 0 Å². The van der Waals surface area contributed by atoms with Gasteiger partial charge in [-0.1, -0.05) is 28.1 Å². The number of esters is 1. The molecule has 2 aromatic rings. The van der Waals surface area contributed by atoms with Crippen LogP contribution in [0.15, 0.2) is 40.9 Å². The summed E-state index contributed by atoms with van der Waals surface area (Å²) in [6.07, 6.45) is 0. The first-order valence-electron chi connectivity index (χ1n) is 6.09. The first kappa shape index (κ1) is 14.5. The van der Waals surface area contributed by atoms with Crippen molar-refractivity contribution in [2.45, 2.75) is 13.0 Å². The summed E-state index contributed by atoms with van der Waals surface area (Å²) >= 11 is 3.41. The number of benzene rings is 2. The molecule has 0 aromatic heterocycles. The number of halogens is 1. The lowest BCUT2D eigenvalue weighted by atomic mass is 10.1. The molecule has 20 heavy (non-hydrogen) atoms. The van der Waals surface area contributed by atoms with Gasteiger partial charge in [0.1, 0.15) is 6.04 Å². The van der Waals surface area contributed by atoms with E-state index in [2.05, 4.69) is 26.0 Å². The Labute approximate surface area is 125 Å². The van der Waals surface area contributed by atoms with Crippen LogP contribution in [0.4, 0.5) is 0 Å². The number of amides is 1. The van der Waals surface area contributed by atoms with Gasteiger partial charge in [-0.15, -0.1) is 0 Å². The Morgan fingerprint density at radius 1 is 1.15 bits per heavy atom. The van der Waals surface area contributed by atoms with Crippen LogP contribution in [0, 0.1) is 0 Å². The lowest BCUT2D eigenvalue weighted by Crippen LogP contribution is -2.39. The van der Waals surface area contributed by atoms with E-state index < -0.39 is 12.0 Å². The van der Waals surface area contributed by atoms with Gasteiger partial charge in [0.05, 0.1) is 7.11 Å². The molecular weight excluding hydrogens is 322 g/mol. The minimum atomic E-state index is -0.673. The first-order chi connectivity index (χ1) is 9.51. The number of ether oxygens (including phenoxy) is 1. The zero-order valence-electron chi connectivity index (χ0n) is 11.1. The normalized spacial score (nSPS) is 11.9. The van der Waals surface area contributed by atoms with E-state index in [1.807, 2.05) is 24.3 Å². The van der Waals surface area contributed by atoms with Gasteiger partial charge in [-0.25, -0.2) is 4.79 Å². The largest absolute Gasteiger partial charge is 0.467 e. The topological polar surface area (TPSA) is 55.4 Å². The average Bonchev–Trinajstić information content (AvgIpc) is 2.45. The predicted octanol–water partition coefficient (Wildman–Crippen LogP) is 2.89. The molecule has 0 aliphatic rings. The summed E-state index contributed by atoms with van der Waals surface area (Å²) in [6.45, 7) is 1.59. The van der Waals surface area contributed by atoms with Crippen LogP contribution in [0.3, 0.4) is 0 Å². The maximum absolute atomic E-state index is 12.1. The Morgan fingerprint density at radius 3 is 2.50 bits per heavy atom. The van der Waals surface area contributed by atoms with Crippen LogP contribution < -0.4 is 5.32 Å². The highest BCUT2D eigenvalue weighted by molar-refractivity contribution is 9.10. The number of fused-ring (bicyclic) bond motifs is 1. The Bertz CT molecular complexity index is 669. The number of hydrogen-bond donors (Lipinski definition) is 1. The third kappa shape index (κ3) is 3.17. The molecule has 0 saturated carbocycles. The summed E-state index contributed by atoms with van der Waals surface area (Å²) in [6, 6.07) is 10.6. The lowest BCUT2D eigenvalue weighted by molar-refractivity contribution is -0.142. The van der Waals surface area contributed by atoms with Crippen molar-refractivity contribution >= 4 is 38.6 Å². The fourth-order valence-corrected chi connectivity index (χ4v) is 2.25. The van der Waals surface area contributed by atoms with E-state index in [9.17, 15) is 9.59 Å². The van der Waals surface area contributed by atoms with Crippen molar-refractivity contribution in [2.75, 3.05) is 7.11 Å². The van der Waals surface area contributed by atoms with Crippen LogP contribution in [-0.2, 0) is 9.53 Å². The first-order valence-corrected chi connectivity index (χ1v) is 6.88. The molecule has 5 heteroatoms. The molecule has 2 aromatic carbocycles. The van der Waals surface area contributed by atoms with E-state index in [0.717, 1.165) is 15.2 Å². The van der Waals surface area contributed by atoms with Gasteiger partial charge < -0.3 is 10.1 Å². The molecule has 1 amide bonds. The molecule has 0 spiro atoms. The van der Waals surface area contributed by atoms with Crippen LogP contribution in [-0.4, -0.2) is 25.0 Å². The molecule has 0 heterocycles. The fraction of sp³-hybridized carbons (Fsp3) is 0.200. The predicted molar refractivity (Wildman–Crippen MR) is 80.6 cm³/mol. The zero-order valence-corrected chi connectivity index (χ0v) is 12.7. The molecule has 0 aliphatic carbocycles. The highest BCUT2D eigenvalue weighted by atomic mass is 79.9. The van der Waals surface area contributed by atoms with Gasteiger partial charge in [0, 0.05) is 10.0 Å². The van der Waals surface area contributed by atoms with Crippen molar-refractivity contribution in [2.24, 2.45) is 0 Å². The van der Waals surface area contributed by atoms with Crippen LogP contribution in [0.2, 0.25) is 0 Å². The Morgan fingerprint density at radius 2 is 1.80 bits per heavy atom. The number of carbonyl (C=O) groups excluding carboxylic acids is 2. The quantitative estimate of drug-likeness (QED) is 0.877. The lowest BCUT2D eigenvalue weighted by Gasteiger charge is -2.11. The smallest absolute Gasteiger partial charge is 0.328 e. The second kappa shape index (κ2) is 6.05. The van der Waals surface area contributed by atoms with Gasteiger partial charge in [-0.3, -0.25) is 4.79 Å². The van der Waals surface area contributed by atoms with E-state index >= 15 is 0 Å². The number of rotatable bonds is 3. The van der Waals surface area contributed by atoms with Gasteiger partial charge in [-0.2, -0.15) is 0 Å². The minimum Gasteiger partial charge on any atom is -0.467 e. The van der Waals surface area contributed by atoms with Crippen molar-refractivity contribution in [3.8, 4) is 0 Å². The molecule has 0 aliphatic heterocycles. The standard InChI is InChI=1S/C15H14BrNO3/c1-9(15(19)20-2)17-14(18)12-4-3-11-8-13(16)6-5-10(11)7-12/h3-9H,1-2H3,(H,17,18)/t9-/m0/s1. The van der Waals surface area contributed by atoms with Gasteiger partial charge in [-0.05, 0) is 42.0 Å². The van der Waals surface area contributed by atoms with Crippen molar-refractivity contribution in [3.63, 3.8) is 0 Å². The second-order valence-corrected chi connectivity index (χ2v) is 5.34. The molecule has 0 bridgehead atoms. The molecule has 1 N–H and O–H groups in total. The zero-order chi connectivity index (χ0) is 14.7. The van der Waals surface area contributed by atoms with Crippen molar-refractivity contribution in [3.05, 3.63) is 46.4 Å². The van der Waals surface area contributed by atoms with Crippen LogP contribution in [0.5, 0.6) is 0 Å². The van der Waals surface area contributed by atoms with E-state index in [0.29, 0.717) is 5.56 Å². The third-order valence-corrected chi connectivity index (χ3v) is 3.46. The van der Waals surface area contributed by atoms with E-state index in [1.165, 1.54) is 7.11 Å². The molecule has 104 valence electrons. The molecule has 0 saturated heterocycles. The van der Waals surface area contributed by atoms with E-state index in [4.69, 9.17) is 0 Å². The number of methoxy groups -OCH3 is 1. The maximum Gasteiger partial charge on any atom is 0.328 e. The van der Waals surface area contributed by atoms with Gasteiger partial charge >= 0.3 is 5.97 Å². The highest BCUT2D eigenvalue weighted by Gasteiger charge is 2.16. The minimum absolute atomic E-state index is 0.298. The summed E-state index contributed by atoms with van der Waals surface area (Å²) in [5.41, 5.74) is 0.510. The van der Waals surface area contributed by atoms with Gasteiger partial charge in [0.2, 0.25) is 0 Å². The van der Waals surface area contributed by atoms with Crippen molar-refractivity contribution in [1.29, 1.82) is 0 Å². The van der Waals surface area contributed by atoms with Crippen molar-refractivity contribution in [1.82, 2.24) is 5.32 Å². The Kier molecular flexibility index (Phi) is 4.39. The van der Waals surface area contributed by atoms with E-state index in [-0.39, 0.29) is 5.91 Å². The average molecular weight is 336 g/mol. The summed E-state index contributed by atoms with van der Waals surface area (Å²) < 4.78 is 5.56. The summed E-state index contributed by atoms with van der Waals surface area (Å²) in [7, 11) is 1.29. The Balaban J connectivity index is 2.22. The number of nitrogens with one attached hydrogen (secondary N) is 1. The SMILES string of the molecule is COC(=O)[C@H](C)NC(=O)c1ccc2cc(Br)ccc2c1. The summed E-state index contributed by atoms with van der Waals surface area (Å²) in [5.74, 6) is -0.768. The summed E-state index contributed by atoms with van der Waals surface area (Å²) in [4.78, 5) is 23.3. The van der Waals surface area contributed by atoms with Crippen LogP contribution in [0.25, 0.3) is 10.8 Å². The summed E-state index contributed by atoms with van der Waals surface area (Å²) in [5, 5.41) is 4.60. The Hall–Kier alpha value is -1.88. The molecule has 0 fully saturated rings.